The molecule has 3 aromatic rings. The Morgan fingerprint density at radius 1 is 1.09 bits per heavy atom. The quantitative estimate of drug-likeness (QED) is 0.453. The van der Waals surface area contributed by atoms with E-state index in [0.717, 1.165) is 49.9 Å². The highest BCUT2D eigenvalue weighted by Gasteiger charge is 2.16. The van der Waals surface area contributed by atoms with Crippen LogP contribution < -0.4 is 9.47 Å². The molecule has 0 spiro atoms. The second-order valence-electron chi connectivity index (χ2n) is 9.48. The first-order valence-electron chi connectivity index (χ1n) is 12.5. The fraction of sp³-hybridized carbons (Fsp3) is 0.500. The van der Waals surface area contributed by atoms with Crippen molar-refractivity contribution in [3.63, 3.8) is 0 Å². The molecule has 7 heteroatoms. The Morgan fingerprint density at radius 3 is 2.63 bits per heavy atom. The fourth-order valence-electron chi connectivity index (χ4n) is 4.88. The highest BCUT2D eigenvalue weighted by atomic mass is 16.5. The van der Waals surface area contributed by atoms with Crippen molar-refractivity contribution < 1.29 is 19.3 Å². The van der Waals surface area contributed by atoms with E-state index in [1.165, 1.54) is 22.2 Å². The molecular formula is C28H39N3O4. The number of rotatable bonds is 11. The molecule has 0 aliphatic carbocycles. The van der Waals surface area contributed by atoms with E-state index in [-0.39, 0.29) is 0 Å². The smallest absolute Gasteiger partial charge is 0.161 e. The molecule has 190 valence electrons. The van der Waals surface area contributed by atoms with Crippen LogP contribution in [0.25, 0.3) is 10.9 Å². The molecule has 7 nitrogen and oxygen atoms in total. The summed E-state index contributed by atoms with van der Waals surface area (Å²) in [7, 11) is 3.71. The van der Waals surface area contributed by atoms with Crippen LogP contribution in [0.4, 0.5) is 0 Å². The van der Waals surface area contributed by atoms with Gasteiger partial charge in [0.05, 0.1) is 33.0 Å². The zero-order valence-electron chi connectivity index (χ0n) is 21.5. The normalized spacial score (nSPS) is 15.6. The molecule has 1 atom stereocenters. The van der Waals surface area contributed by atoms with Crippen molar-refractivity contribution in [1.82, 2.24) is 14.4 Å². The van der Waals surface area contributed by atoms with Crippen LogP contribution in [0, 0.1) is 13.8 Å². The van der Waals surface area contributed by atoms with Gasteiger partial charge >= 0.3 is 0 Å². The third-order valence-electron chi connectivity index (χ3n) is 6.91. The first kappa shape index (κ1) is 25.5. The summed E-state index contributed by atoms with van der Waals surface area (Å²) in [5.41, 5.74) is 4.79. The van der Waals surface area contributed by atoms with Crippen LogP contribution in [0.15, 0.2) is 42.5 Å². The van der Waals surface area contributed by atoms with Crippen molar-refractivity contribution in [2.75, 3.05) is 60.2 Å². The van der Waals surface area contributed by atoms with Gasteiger partial charge in [0.25, 0.3) is 0 Å². The standard InChI is InChI=1S/C28H39N3O4/c1-21-22(2)31(26-8-6-5-7-25(21)26)20-24(32)19-29(3)18-23-9-10-27(28(17-23)33-4)35-16-13-30-11-14-34-15-12-30/h5-10,17,24,32H,11-16,18-20H2,1-4H3/t24-/m1/s1. The minimum Gasteiger partial charge on any atom is -0.493 e. The van der Waals surface area contributed by atoms with Crippen molar-refractivity contribution in [3.05, 3.63) is 59.3 Å². The molecule has 1 aliphatic rings. The Hall–Kier alpha value is -2.58. The maximum Gasteiger partial charge on any atom is 0.161 e. The number of ether oxygens (including phenoxy) is 3. The molecule has 0 unspecified atom stereocenters. The van der Waals surface area contributed by atoms with E-state index in [4.69, 9.17) is 14.2 Å². The molecule has 4 rings (SSSR count). The number of aliphatic hydroxyl groups excluding tert-OH is 1. The summed E-state index contributed by atoms with van der Waals surface area (Å²) in [5.74, 6) is 1.50. The van der Waals surface area contributed by atoms with Gasteiger partial charge in [0.2, 0.25) is 0 Å². The molecule has 1 fully saturated rings. The summed E-state index contributed by atoms with van der Waals surface area (Å²) in [6, 6.07) is 14.5. The zero-order valence-corrected chi connectivity index (χ0v) is 21.5. The second-order valence-corrected chi connectivity index (χ2v) is 9.48. The lowest BCUT2D eigenvalue weighted by Crippen LogP contribution is -2.38. The average molecular weight is 482 g/mol. The Balaban J connectivity index is 1.31. The molecule has 2 aromatic carbocycles. The number of nitrogens with zero attached hydrogens (tertiary/aromatic N) is 3. The van der Waals surface area contributed by atoms with Crippen molar-refractivity contribution in [2.24, 2.45) is 0 Å². The SMILES string of the molecule is COc1cc(CN(C)C[C@@H](O)Cn2c(C)c(C)c3ccccc32)ccc1OCCN1CCOCC1. The van der Waals surface area contributed by atoms with Crippen LogP contribution in [0.3, 0.4) is 0 Å². The predicted octanol–water partition coefficient (Wildman–Crippen LogP) is 3.47. The van der Waals surface area contributed by atoms with Gasteiger partial charge in [-0.2, -0.15) is 0 Å². The van der Waals surface area contributed by atoms with E-state index in [0.29, 0.717) is 26.2 Å². The number of hydrogen-bond donors (Lipinski definition) is 1. The summed E-state index contributed by atoms with van der Waals surface area (Å²) >= 11 is 0. The van der Waals surface area contributed by atoms with Gasteiger partial charge in [0, 0.05) is 49.3 Å². The number of aromatic nitrogens is 1. The van der Waals surface area contributed by atoms with Crippen LogP contribution in [0.1, 0.15) is 16.8 Å². The number of morpholine rings is 1. The average Bonchev–Trinajstić information content (AvgIpc) is 3.10. The molecule has 2 heterocycles. The van der Waals surface area contributed by atoms with Crippen molar-refractivity contribution in [1.29, 1.82) is 0 Å². The lowest BCUT2D eigenvalue weighted by atomic mass is 10.2. The molecule has 0 amide bonds. The molecular weight excluding hydrogens is 442 g/mol. The third kappa shape index (κ3) is 6.35. The molecule has 35 heavy (non-hydrogen) atoms. The molecule has 0 bridgehead atoms. The van der Waals surface area contributed by atoms with E-state index in [1.807, 2.05) is 19.2 Å². The van der Waals surface area contributed by atoms with E-state index in [9.17, 15) is 5.11 Å². The number of likely N-dealkylation sites (N-methyl/N-ethyl adjacent to an activating group) is 1. The zero-order chi connectivity index (χ0) is 24.8. The summed E-state index contributed by atoms with van der Waals surface area (Å²) in [4.78, 5) is 4.50. The lowest BCUT2D eigenvalue weighted by molar-refractivity contribution is 0.0321. The number of methoxy groups -OCH3 is 1. The van der Waals surface area contributed by atoms with E-state index >= 15 is 0 Å². The van der Waals surface area contributed by atoms with E-state index < -0.39 is 6.10 Å². The summed E-state index contributed by atoms with van der Waals surface area (Å²) in [5, 5.41) is 12.1. The highest BCUT2D eigenvalue weighted by molar-refractivity contribution is 5.85. The monoisotopic (exact) mass is 481 g/mol. The fourth-order valence-corrected chi connectivity index (χ4v) is 4.88. The van der Waals surface area contributed by atoms with Gasteiger partial charge in [0.1, 0.15) is 6.61 Å². The van der Waals surface area contributed by atoms with Gasteiger partial charge in [-0.1, -0.05) is 24.3 Å². The highest BCUT2D eigenvalue weighted by Crippen LogP contribution is 2.29. The van der Waals surface area contributed by atoms with Gasteiger partial charge in [-0.3, -0.25) is 9.80 Å². The number of aryl methyl sites for hydroxylation is 1. The lowest BCUT2D eigenvalue weighted by Gasteiger charge is -2.26. The Bertz CT molecular complexity index is 1110. The number of para-hydroxylation sites is 1. The largest absolute Gasteiger partial charge is 0.493 e. The number of fused-ring (bicyclic) bond motifs is 1. The molecule has 1 N–H and O–H groups in total. The van der Waals surface area contributed by atoms with Gasteiger partial charge in [-0.05, 0) is 50.2 Å². The van der Waals surface area contributed by atoms with E-state index in [2.05, 4.69) is 58.5 Å². The first-order valence-corrected chi connectivity index (χ1v) is 12.5. The first-order chi connectivity index (χ1) is 17.0. The Kier molecular flexibility index (Phi) is 8.68. The van der Waals surface area contributed by atoms with Crippen molar-refractivity contribution >= 4 is 10.9 Å². The minimum absolute atomic E-state index is 0.474. The molecule has 0 saturated carbocycles. The Morgan fingerprint density at radius 2 is 1.86 bits per heavy atom. The van der Waals surface area contributed by atoms with Gasteiger partial charge < -0.3 is 23.9 Å². The van der Waals surface area contributed by atoms with Crippen LogP contribution >= 0.6 is 0 Å². The summed E-state index contributed by atoms with van der Waals surface area (Å²) < 4.78 is 19.2. The Labute approximate surface area is 208 Å². The molecule has 1 saturated heterocycles. The van der Waals surface area contributed by atoms with Gasteiger partial charge in [-0.25, -0.2) is 0 Å². The number of aliphatic hydroxyl groups is 1. The maximum absolute atomic E-state index is 10.9. The molecule has 1 aromatic heterocycles. The second kappa shape index (κ2) is 11.9. The van der Waals surface area contributed by atoms with Crippen LogP contribution in [-0.2, 0) is 17.8 Å². The number of benzene rings is 2. The van der Waals surface area contributed by atoms with Gasteiger partial charge in [-0.15, -0.1) is 0 Å². The topological polar surface area (TPSA) is 59.3 Å². The number of hydrogen-bond acceptors (Lipinski definition) is 6. The summed E-state index contributed by atoms with van der Waals surface area (Å²) in [6.45, 7) is 11.1. The third-order valence-corrected chi connectivity index (χ3v) is 6.91. The van der Waals surface area contributed by atoms with Crippen LogP contribution in [0.5, 0.6) is 11.5 Å². The molecule has 0 radical (unpaired) electrons. The maximum atomic E-state index is 10.9. The minimum atomic E-state index is -0.474. The van der Waals surface area contributed by atoms with Crippen molar-refractivity contribution in [2.45, 2.75) is 33.0 Å². The van der Waals surface area contributed by atoms with Gasteiger partial charge in [0.15, 0.2) is 11.5 Å². The van der Waals surface area contributed by atoms with Crippen molar-refractivity contribution in [3.8, 4) is 11.5 Å². The molecule has 1 aliphatic heterocycles. The predicted molar refractivity (Wildman–Crippen MR) is 140 cm³/mol. The van der Waals surface area contributed by atoms with Crippen LogP contribution in [0.2, 0.25) is 0 Å². The summed E-state index contributed by atoms with van der Waals surface area (Å²) in [6.07, 6.45) is -0.474. The van der Waals surface area contributed by atoms with E-state index in [1.54, 1.807) is 7.11 Å². The van der Waals surface area contributed by atoms with Crippen LogP contribution in [-0.4, -0.2) is 85.7 Å².